The molecule has 0 fully saturated rings. The Bertz CT molecular complexity index is 532. The average molecular weight is 366 g/mol. The van der Waals surface area contributed by atoms with Crippen LogP contribution in [0.2, 0.25) is 0 Å². The van der Waals surface area contributed by atoms with Crippen LogP contribution >= 0.6 is 33.3 Å². The second-order valence-electron chi connectivity index (χ2n) is 2.43. The first-order valence-corrected chi connectivity index (χ1v) is 6.70. The van der Waals surface area contributed by atoms with Gasteiger partial charge in [-0.2, -0.15) is 0 Å². The molecule has 0 N–H and O–H groups in total. The zero-order valence-corrected chi connectivity index (χ0v) is 10.5. The van der Waals surface area contributed by atoms with Crippen LogP contribution in [0.3, 0.4) is 0 Å². The Morgan fingerprint density at radius 2 is 2.00 bits per heavy atom. The summed E-state index contributed by atoms with van der Waals surface area (Å²) >= 11 is 1.45. The van der Waals surface area contributed by atoms with E-state index in [-0.39, 0.29) is 3.57 Å². The van der Waals surface area contributed by atoms with Crippen molar-refractivity contribution in [3.8, 4) is 0 Å². The Morgan fingerprint density at radius 3 is 2.40 bits per heavy atom. The molecule has 0 aromatic heterocycles. The molecule has 0 spiro atoms. The molecule has 0 aliphatic carbocycles. The molecule has 0 heterocycles. The summed E-state index contributed by atoms with van der Waals surface area (Å²) in [5.41, 5.74) is -0.528. The van der Waals surface area contributed by atoms with Gasteiger partial charge in [0.1, 0.15) is 4.90 Å². The number of hydrogen-bond donors (Lipinski definition) is 0. The van der Waals surface area contributed by atoms with E-state index >= 15 is 0 Å². The van der Waals surface area contributed by atoms with Gasteiger partial charge in [0.05, 0.1) is 8.49 Å². The van der Waals surface area contributed by atoms with Gasteiger partial charge in [0.25, 0.3) is 14.7 Å². The minimum absolute atomic E-state index is 0.180. The highest BCUT2D eigenvalue weighted by atomic mass is 127. The van der Waals surface area contributed by atoms with E-state index in [0.717, 1.165) is 6.07 Å². The van der Waals surface area contributed by atoms with Gasteiger partial charge in [0, 0.05) is 22.8 Å². The lowest BCUT2D eigenvalue weighted by atomic mass is 10.3. The van der Waals surface area contributed by atoms with Crippen molar-refractivity contribution in [3.63, 3.8) is 0 Å². The molecular formula is C6H2ClFINO4S. The highest BCUT2D eigenvalue weighted by molar-refractivity contribution is 14.1. The number of nitrogens with zero attached hydrogens (tertiary/aromatic N) is 1. The summed E-state index contributed by atoms with van der Waals surface area (Å²) in [7, 11) is 0.595. The van der Waals surface area contributed by atoms with Crippen LogP contribution in [0.15, 0.2) is 17.0 Å². The molecule has 0 atom stereocenters. The molecule has 0 aliphatic rings. The lowest BCUT2D eigenvalue weighted by Gasteiger charge is -2.01. The number of hydrogen-bond acceptors (Lipinski definition) is 4. The molecule has 5 nitrogen and oxygen atoms in total. The van der Waals surface area contributed by atoms with E-state index < -0.39 is 30.4 Å². The Morgan fingerprint density at radius 1 is 1.47 bits per heavy atom. The van der Waals surface area contributed by atoms with Gasteiger partial charge in [-0.05, 0) is 22.6 Å². The standard InChI is InChI=1S/C6H2ClFINO4S/c7-15(13,14)5-2-3(10(11)12)1-4(9)6(5)8/h1-2H. The Hall–Kier alpha value is -0.480. The van der Waals surface area contributed by atoms with Gasteiger partial charge in [0.15, 0.2) is 5.82 Å². The maximum atomic E-state index is 13.2. The minimum Gasteiger partial charge on any atom is -0.258 e. The van der Waals surface area contributed by atoms with Crippen LogP contribution < -0.4 is 0 Å². The fourth-order valence-corrected chi connectivity index (χ4v) is 2.55. The largest absolute Gasteiger partial charge is 0.272 e. The molecule has 1 rings (SSSR count). The van der Waals surface area contributed by atoms with Crippen LogP contribution in [0.1, 0.15) is 0 Å². The first-order valence-electron chi connectivity index (χ1n) is 3.31. The number of nitro groups is 1. The van der Waals surface area contributed by atoms with E-state index in [1.165, 1.54) is 22.6 Å². The molecular weight excluding hydrogens is 363 g/mol. The number of benzene rings is 1. The van der Waals surface area contributed by atoms with Crippen LogP contribution in [-0.4, -0.2) is 13.3 Å². The van der Waals surface area contributed by atoms with Crippen LogP contribution in [0.5, 0.6) is 0 Å². The summed E-state index contributed by atoms with van der Waals surface area (Å²) in [6.45, 7) is 0. The summed E-state index contributed by atoms with van der Waals surface area (Å²) < 4.78 is 34.8. The lowest BCUT2D eigenvalue weighted by molar-refractivity contribution is -0.385. The molecule has 0 radical (unpaired) electrons. The highest BCUT2D eigenvalue weighted by Crippen LogP contribution is 2.28. The van der Waals surface area contributed by atoms with Crippen LogP contribution in [0.25, 0.3) is 0 Å². The number of halogens is 3. The third-order valence-electron chi connectivity index (χ3n) is 1.45. The van der Waals surface area contributed by atoms with E-state index in [9.17, 15) is 22.9 Å². The van der Waals surface area contributed by atoms with Crippen LogP contribution in [0, 0.1) is 19.5 Å². The molecule has 1 aromatic rings. The normalized spacial score (nSPS) is 11.4. The Labute approximate surface area is 102 Å². The van der Waals surface area contributed by atoms with Crippen molar-refractivity contribution in [2.45, 2.75) is 4.90 Å². The van der Waals surface area contributed by atoms with Gasteiger partial charge in [-0.15, -0.1) is 0 Å². The first-order chi connectivity index (χ1) is 6.73. The average Bonchev–Trinajstić information content (AvgIpc) is 2.06. The van der Waals surface area contributed by atoms with Crippen molar-refractivity contribution in [1.82, 2.24) is 0 Å². The third kappa shape index (κ3) is 2.75. The Balaban J connectivity index is 3.59. The zero-order valence-electron chi connectivity index (χ0n) is 6.78. The fraction of sp³-hybridized carbons (Fsp3) is 0. The van der Waals surface area contributed by atoms with Gasteiger partial charge in [-0.3, -0.25) is 10.1 Å². The second-order valence-corrected chi connectivity index (χ2v) is 6.13. The maximum Gasteiger partial charge on any atom is 0.272 e. The predicted octanol–water partition coefficient (Wildman–Crippen LogP) is 2.27. The first kappa shape index (κ1) is 12.6. The summed E-state index contributed by atoms with van der Waals surface area (Å²) in [6.07, 6.45) is 0. The van der Waals surface area contributed by atoms with Crippen LogP contribution in [-0.2, 0) is 9.05 Å². The maximum absolute atomic E-state index is 13.2. The van der Waals surface area contributed by atoms with E-state index in [1.54, 1.807) is 0 Å². The third-order valence-corrected chi connectivity index (χ3v) is 3.56. The van der Waals surface area contributed by atoms with E-state index in [0.29, 0.717) is 6.07 Å². The van der Waals surface area contributed by atoms with E-state index in [4.69, 9.17) is 10.7 Å². The second kappa shape index (κ2) is 4.18. The van der Waals surface area contributed by atoms with Crippen molar-refractivity contribution in [2.75, 3.05) is 0 Å². The number of non-ortho nitro benzene ring substituents is 1. The highest BCUT2D eigenvalue weighted by Gasteiger charge is 2.23. The predicted molar refractivity (Wildman–Crippen MR) is 58.8 cm³/mol. The molecule has 0 amide bonds. The molecule has 1 aromatic carbocycles. The molecule has 0 bridgehead atoms. The van der Waals surface area contributed by atoms with Crippen molar-refractivity contribution in [2.24, 2.45) is 0 Å². The topological polar surface area (TPSA) is 77.3 Å². The molecule has 15 heavy (non-hydrogen) atoms. The Kier molecular flexibility index (Phi) is 3.51. The smallest absolute Gasteiger partial charge is 0.258 e. The van der Waals surface area contributed by atoms with Gasteiger partial charge < -0.3 is 0 Å². The van der Waals surface area contributed by atoms with Gasteiger partial charge in [-0.25, -0.2) is 12.8 Å². The van der Waals surface area contributed by atoms with Crippen molar-refractivity contribution >= 4 is 48.0 Å². The van der Waals surface area contributed by atoms with Crippen molar-refractivity contribution in [1.29, 1.82) is 0 Å². The zero-order chi connectivity index (χ0) is 11.8. The van der Waals surface area contributed by atoms with Crippen LogP contribution in [0.4, 0.5) is 10.1 Å². The summed E-state index contributed by atoms with van der Waals surface area (Å²) in [6, 6.07) is 1.50. The fourth-order valence-electron chi connectivity index (χ4n) is 0.833. The number of nitro benzene ring substituents is 1. The molecule has 82 valence electrons. The van der Waals surface area contributed by atoms with E-state index in [1.807, 2.05) is 0 Å². The molecule has 0 saturated carbocycles. The lowest BCUT2D eigenvalue weighted by Crippen LogP contribution is -2.00. The van der Waals surface area contributed by atoms with Gasteiger partial charge in [-0.1, -0.05) is 0 Å². The monoisotopic (exact) mass is 365 g/mol. The summed E-state index contributed by atoms with van der Waals surface area (Å²) in [5, 5.41) is 10.4. The molecule has 0 aliphatic heterocycles. The SMILES string of the molecule is O=[N+]([O-])c1cc(I)c(F)c(S(=O)(=O)Cl)c1. The quantitative estimate of drug-likeness (QED) is 0.349. The minimum atomic E-state index is -4.32. The van der Waals surface area contributed by atoms with Crippen molar-refractivity contribution < 1.29 is 17.7 Å². The summed E-state index contributed by atoms with van der Waals surface area (Å²) in [4.78, 5) is 8.67. The summed E-state index contributed by atoms with van der Waals surface area (Å²) in [5.74, 6) is -1.09. The van der Waals surface area contributed by atoms with E-state index in [2.05, 4.69) is 0 Å². The van der Waals surface area contributed by atoms with Gasteiger partial charge >= 0.3 is 0 Å². The van der Waals surface area contributed by atoms with Crippen molar-refractivity contribution in [3.05, 3.63) is 31.6 Å². The molecule has 0 saturated heterocycles. The molecule has 0 unspecified atom stereocenters. The van der Waals surface area contributed by atoms with Gasteiger partial charge in [0.2, 0.25) is 0 Å². The number of rotatable bonds is 2. The molecule has 9 heteroatoms.